The second kappa shape index (κ2) is 10.6. The Labute approximate surface area is 101 Å². The number of hydrogen-bond donors (Lipinski definition) is 3. The molecule has 0 rings (SSSR count). The number of thiocarbonyl (C=S) groups is 1. The van der Waals surface area contributed by atoms with Crippen LogP contribution in [-0.4, -0.2) is 51.0 Å². The molecule has 0 aromatic rings. The molecule has 94 valence electrons. The molecular weight excluding hydrogens is 230 g/mol. The van der Waals surface area contributed by atoms with Gasteiger partial charge in [0.25, 0.3) is 0 Å². The third-order valence-electron chi connectivity index (χ3n) is 1.59. The summed E-state index contributed by atoms with van der Waals surface area (Å²) in [5.74, 6) is -0.472. The largest absolute Gasteiger partial charge is 0.385 e. The van der Waals surface area contributed by atoms with E-state index in [-0.39, 0.29) is 6.61 Å². The Morgan fingerprint density at radius 2 is 2.00 bits per heavy atom. The fraction of sp³-hybridized carbons (Fsp3) is 0.778. The van der Waals surface area contributed by atoms with E-state index < -0.39 is 5.91 Å². The van der Waals surface area contributed by atoms with Gasteiger partial charge >= 0.3 is 0 Å². The number of nitrogens with one attached hydrogen (secondary N) is 2. The van der Waals surface area contributed by atoms with Gasteiger partial charge in [-0.2, -0.15) is 0 Å². The standard InChI is InChI=1S/C9H19N3O3S/c1-14-5-2-3-11-9(16)12-4-6-15-7-8(10)13/h2-7H2,1H3,(H2,10,13)(H2,11,12,16). The van der Waals surface area contributed by atoms with Crippen molar-refractivity contribution in [3.8, 4) is 0 Å². The molecule has 0 unspecified atom stereocenters. The van der Waals surface area contributed by atoms with Crippen LogP contribution in [0, 0.1) is 0 Å². The van der Waals surface area contributed by atoms with E-state index in [1.54, 1.807) is 7.11 Å². The first-order valence-corrected chi connectivity index (χ1v) is 5.44. The second-order valence-electron chi connectivity index (χ2n) is 3.05. The molecule has 0 saturated carbocycles. The van der Waals surface area contributed by atoms with Crippen molar-refractivity contribution in [2.75, 3.05) is 40.0 Å². The van der Waals surface area contributed by atoms with Gasteiger partial charge in [0.15, 0.2) is 5.11 Å². The van der Waals surface area contributed by atoms with Gasteiger partial charge in [-0.15, -0.1) is 0 Å². The number of nitrogens with two attached hydrogens (primary N) is 1. The van der Waals surface area contributed by atoms with Gasteiger partial charge in [-0.25, -0.2) is 0 Å². The number of rotatable bonds is 9. The first-order chi connectivity index (χ1) is 7.66. The van der Waals surface area contributed by atoms with Crippen LogP contribution in [0.15, 0.2) is 0 Å². The lowest BCUT2D eigenvalue weighted by molar-refractivity contribution is -0.122. The molecule has 0 aromatic carbocycles. The summed E-state index contributed by atoms with van der Waals surface area (Å²) in [6.07, 6.45) is 0.899. The highest BCUT2D eigenvalue weighted by Gasteiger charge is 1.96. The first-order valence-electron chi connectivity index (χ1n) is 5.03. The van der Waals surface area contributed by atoms with Crippen molar-refractivity contribution in [2.45, 2.75) is 6.42 Å². The van der Waals surface area contributed by atoms with Crippen molar-refractivity contribution in [2.24, 2.45) is 5.73 Å². The number of methoxy groups -OCH3 is 1. The fourth-order valence-corrected chi connectivity index (χ4v) is 1.09. The van der Waals surface area contributed by atoms with Crippen LogP contribution in [0.3, 0.4) is 0 Å². The van der Waals surface area contributed by atoms with E-state index in [9.17, 15) is 4.79 Å². The van der Waals surface area contributed by atoms with E-state index in [2.05, 4.69) is 10.6 Å². The summed E-state index contributed by atoms with van der Waals surface area (Å²) in [5.41, 5.74) is 4.89. The van der Waals surface area contributed by atoms with Crippen LogP contribution in [0.2, 0.25) is 0 Å². The van der Waals surface area contributed by atoms with Crippen LogP contribution >= 0.6 is 12.2 Å². The van der Waals surface area contributed by atoms with Gasteiger partial charge in [-0.05, 0) is 18.6 Å². The van der Waals surface area contributed by atoms with Crippen molar-refractivity contribution >= 4 is 23.2 Å². The molecule has 0 atom stereocenters. The number of ether oxygens (including phenoxy) is 2. The highest BCUT2D eigenvalue weighted by molar-refractivity contribution is 7.80. The van der Waals surface area contributed by atoms with Gasteiger partial charge in [0.2, 0.25) is 5.91 Å². The van der Waals surface area contributed by atoms with Gasteiger partial charge in [0, 0.05) is 26.8 Å². The molecule has 0 aromatic heterocycles. The lowest BCUT2D eigenvalue weighted by atomic mass is 10.4. The monoisotopic (exact) mass is 249 g/mol. The average Bonchev–Trinajstić information content (AvgIpc) is 2.23. The SMILES string of the molecule is COCCCNC(=S)NCCOCC(N)=O. The maximum atomic E-state index is 10.3. The maximum Gasteiger partial charge on any atom is 0.243 e. The van der Waals surface area contributed by atoms with E-state index in [4.69, 9.17) is 27.4 Å². The smallest absolute Gasteiger partial charge is 0.243 e. The fourth-order valence-electron chi connectivity index (χ4n) is 0.890. The number of amides is 1. The summed E-state index contributed by atoms with van der Waals surface area (Å²) in [7, 11) is 1.66. The molecule has 1 amide bonds. The second-order valence-corrected chi connectivity index (χ2v) is 3.46. The molecule has 16 heavy (non-hydrogen) atoms. The van der Waals surface area contributed by atoms with E-state index in [0.717, 1.165) is 13.0 Å². The first kappa shape index (κ1) is 15.1. The molecule has 0 bridgehead atoms. The predicted molar refractivity (Wildman–Crippen MR) is 65.1 cm³/mol. The van der Waals surface area contributed by atoms with Crippen LogP contribution in [0.4, 0.5) is 0 Å². The summed E-state index contributed by atoms with van der Waals surface area (Å²) >= 11 is 4.99. The zero-order chi connectivity index (χ0) is 12.2. The molecule has 0 aliphatic carbocycles. The number of primary amides is 1. The summed E-state index contributed by atoms with van der Waals surface area (Å²) < 4.78 is 9.84. The van der Waals surface area contributed by atoms with Crippen LogP contribution in [0.25, 0.3) is 0 Å². The third kappa shape index (κ3) is 11.2. The maximum absolute atomic E-state index is 10.3. The van der Waals surface area contributed by atoms with Crippen LogP contribution in [0.1, 0.15) is 6.42 Å². The van der Waals surface area contributed by atoms with Crippen LogP contribution < -0.4 is 16.4 Å². The van der Waals surface area contributed by atoms with Gasteiger partial charge in [0.05, 0.1) is 6.61 Å². The minimum Gasteiger partial charge on any atom is -0.385 e. The average molecular weight is 249 g/mol. The van der Waals surface area contributed by atoms with Crippen LogP contribution in [0.5, 0.6) is 0 Å². The van der Waals surface area contributed by atoms with Crippen molar-refractivity contribution in [1.82, 2.24) is 10.6 Å². The van der Waals surface area contributed by atoms with Crippen molar-refractivity contribution < 1.29 is 14.3 Å². The number of carbonyl (C=O) groups excluding carboxylic acids is 1. The topological polar surface area (TPSA) is 85.6 Å². The zero-order valence-electron chi connectivity index (χ0n) is 9.45. The molecule has 0 aliphatic rings. The summed E-state index contributed by atoms with van der Waals surface area (Å²) in [5, 5.41) is 6.51. The highest BCUT2D eigenvalue weighted by Crippen LogP contribution is 1.78. The van der Waals surface area contributed by atoms with E-state index in [1.807, 2.05) is 0 Å². The molecule has 0 spiro atoms. The zero-order valence-corrected chi connectivity index (χ0v) is 10.3. The normalized spacial score (nSPS) is 9.81. The molecule has 0 aliphatic heterocycles. The number of carbonyl (C=O) groups is 1. The minimum absolute atomic E-state index is 0.0598. The minimum atomic E-state index is -0.472. The molecule has 0 saturated heterocycles. The van der Waals surface area contributed by atoms with E-state index in [1.165, 1.54) is 0 Å². The van der Waals surface area contributed by atoms with Gasteiger partial charge in [0.1, 0.15) is 6.61 Å². The Morgan fingerprint density at radius 3 is 2.62 bits per heavy atom. The molecule has 0 heterocycles. The predicted octanol–water partition coefficient (Wildman–Crippen LogP) is -1.01. The van der Waals surface area contributed by atoms with Crippen molar-refractivity contribution in [3.05, 3.63) is 0 Å². The molecule has 4 N–H and O–H groups in total. The molecule has 6 nitrogen and oxygen atoms in total. The quantitative estimate of drug-likeness (QED) is 0.358. The Bertz CT molecular complexity index is 214. The van der Waals surface area contributed by atoms with E-state index in [0.29, 0.717) is 24.9 Å². The van der Waals surface area contributed by atoms with Gasteiger partial charge < -0.3 is 25.8 Å². The Morgan fingerprint density at radius 1 is 1.31 bits per heavy atom. The lowest BCUT2D eigenvalue weighted by Gasteiger charge is -2.09. The summed E-state index contributed by atoms with van der Waals surface area (Å²) in [6, 6.07) is 0. The number of hydrogen-bond acceptors (Lipinski definition) is 4. The summed E-state index contributed by atoms with van der Waals surface area (Å²) in [6.45, 7) is 2.35. The highest BCUT2D eigenvalue weighted by atomic mass is 32.1. The molecule has 0 radical (unpaired) electrons. The Hall–Kier alpha value is -0.920. The molecule has 0 fully saturated rings. The van der Waals surface area contributed by atoms with Gasteiger partial charge in [-0.1, -0.05) is 0 Å². The Balaban J connectivity index is 3.20. The molecule has 7 heteroatoms. The molecular formula is C9H19N3O3S. The lowest BCUT2D eigenvalue weighted by Crippen LogP contribution is -2.38. The Kier molecular flexibility index (Phi) is 9.98. The van der Waals surface area contributed by atoms with Gasteiger partial charge in [-0.3, -0.25) is 4.79 Å². The van der Waals surface area contributed by atoms with Crippen molar-refractivity contribution in [1.29, 1.82) is 0 Å². The summed E-state index contributed by atoms with van der Waals surface area (Å²) in [4.78, 5) is 10.3. The van der Waals surface area contributed by atoms with E-state index >= 15 is 0 Å². The van der Waals surface area contributed by atoms with Crippen LogP contribution in [-0.2, 0) is 14.3 Å². The van der Waals surface area contributed by atoms with Crippen molar-refractivity contribution in [3.63, 3.8) is 0 Å². The third-order valence-corrected chi connectivity index (χ3v) is 1.88.